The number of benzene rings is 1. The molecule has 0 spiro atoms. The van der Waals surface area contributed by atoms with E-state index >= 15 is 0 Å². The van der Waals surface area contributed by atoms with E-state index in [2.05, 4.69) is 11.3 Å². The number of aromatic hydroxyl groups is 1. The second-order valence-corrected chi connectivity index (χ2v) is 3.74. The highest BCUT2D eigenvalue weighted by molar-refractivity contribution is 5.41. The molecule has 0 aromatic heterocycles. The molecule has 3 nitrogen and oxygen atoms in total. The van der Waals surface area contributed by atoms with E-state index in [0.717, 1.165) is 18.2 Å². The van der Waals surface area contributed by atoms with Gasteiger partial charge in [0.2, 0.25) is 0 Å². The second kappa shape index (κ2) is 5.77. The van der Waals surface area contributed by atoms with E-state index in [1.165, 1.54) is 0 Å². The van der Waals surface area contributed by atoms with Gasteiger partial charge in [0.25, 0.3) is 0 Å². The van der Waals surface area contributed by atoms with Crippen molar-refractivity contribution in [3.63, 3.8) is 0 Å². The van der Waals surface area contributed by atoms with E-state index in [9.17, 15) is 18.3 Å². The topological polar surface area (TPSA) is 55.5 Å². The van der Waals surface area contributed by atoms with Gasteiger partial charge in [-0.3, -0.25) is 0 Å². The first-order valence-corrected chi connectivity index (χ1v) is 5.28. The number of rotatable bonds is 5. The number of nitrogens with two attached hydrogens (primary N) is 1. The summed E-state index contributed by atoms with van der Waals surface area (Å²) in [5, 5.41) is 9.56. The Kier molecular flexibility index (Phi) is 4.61. The molecule has 1 aromatic rings. The standard InChI is InChI=1S/C12H14F3NO2/c1-2-3-4-10(16)9-7-8(5-6-11(9)17)18-12(13,14)15/h2,5-7,10,17H,1,3-4,16H2/t10-/m1/s1. The molecule has 0 heterocycles. The highest BCUT2D eigenvalue weighted by Gasteiger charge is 2.31. The molecule has 0 saturated heterocycles. The monoisotopic (exact) mass is 261 g/mol. The van der Waals surface area contributed by atoms with Crippen molar-refractivity contribution in [2.75, 3.05) is 0 Å². The van der Waals surface area contributed by atoms with Crippen molar-refractivity contribution in [1.82, 2.24) is 0 Å². The second-order valence-electron chi connectivity index (χ2n) is 3.74. The van der Waals surface area contributed by atoms with Crippen LogP contribution in [0.2, 0.25) is 0 Å². The van der Waals surface area contributed by atoms with Gasteiger partial charge in [-0.25, -0.2) is 0 Å². The van der Waals surface area contributed by atoms with Gasteiger partial charge in [0.15, 0.2) is 0 Å². The quantitative estimate of drug-likeness (QED) is 0.800. The van der Waals surface area contributed by atoms with E-state index < -0.39 is 18.2 Å². The van der Waals surface area contributed by atoms with Gasteiger partial charge in [-0.15, -0.1) is 19.8 Å². The van der Waals surface area contributed by atoms with Crippen molar-refractivity contribution in [1.29, 1.82) is 0 Å². The third-order valence-electron chi connectivity index (χ3n) is 2.31. The van der Waals surface area contributed by atoms with Crippen LogP contribution in [0.4, 0.5) is 13.2 Å². The van der Waals surface area contributed by atoms with Crippen LogP contribution in [-0.2, 0) is 0 Å². The number of alkyl halides is 3. The zero-order valence-corrected chi connectivity index (χ0v) is 9.57. The van der Waals surface area contributed by atoms with Crippen molar-refractivity contribution in [3.8, 4) is 11.5 Å². The summed E-state index contributed by atoms with van der Waals surface area (Å²) in [6.07, 6.45) is -2.04. The Morgan fingerprint density at radius 3 is 2.67 bits per heavy atom. The molecule has 0 aliphatic heterocycles. The molecule has 0 aliphatic carbocycles. The van der Waals surface area contributed by atoms with Crippen LogP contribution in [0.15, 0.2) is 30.9 Å². The largest absolute Gasteiger partial charge is 0.573 e. The van der Waals surface area contributed by atoms with Crippen molar-refractivity contribution >= 4 is 0 Å². The first-order valence-electron chi connectivity index (χ1n) is 5.28. The van der Waals surface area contributed by atoms with E-state index in [4.69, 9.17) is 5.73 Å². The van der Waals surface area contributed by atoms with E-state index in [-0.39, 0.29) is 11.3 Å². The molecule has 0 radical (unpaired) electrons. The molecule has 100 valence electrons. The number of phenolic OH excluding ortho intramolecular Hbond substituents is 1. The van der Waals surface area contributed by atoms with Crippen LogP contribution in [-0.4, -0.2) is 11.5 Å². The zero-order chi connectivity index (χ0) is 13.8. The van der Waals surface area contributed by atoms with Gasteiger partial charge in [-0.05, 0) is 31.0 Å². The van der Waals surface area contributed by atoms with Gasteiger partial charge in [-0.1, -0.05) is 6.08 Å². The lowest BCUT2D eigenvalue weighted by atomic mass is 10.0. The summed E-state index contributed by atoms with van der Waals surface area (Å²) in [6, 6.07) is 2.69. The summed E-state index contributed by atoms with van der Waals surface area (Å²) in [4.78, 5) is 0. The Morgan fingerprint density at radius 1 is 1.44 bits per heavy atom. The maximum atomic E-state index is 12.0. The third kappa shape index (κ3) is 4.29. The Hall–Kier alpha value is -1.69. The molecule has 1 rings (SSSR count). The average Bonchev–Trinajstić information content (AvgIpc) is 2.26. The highest BCUT2D eigenvalue weighted by Crippen LogP contribution is 2.32. The van der Waals surface area contributed by atoms with Gasteiger partial charge in [0.05, 0.1) is 0 Å². The van der Waals surface area contributed by atoms with Crippen molar-refractivity contribution in [2.24, 2.45) is 5.73 Å². The zero-order valence-electron chi connectivity index (χ0n) is 9.57. The van der Waals surface area contributed by atoms with Crippen LogP contribution in [0.3, 0.4) is 0 Å². The number of hydrogen-bond donors (Lipinski definition) is 2. The average molecular weight is 261 g/mol. The Labute approximate surface area is 103 Å². The van der Waals surface area contributed by atoms with E-state index in [1.54, 1.807) is 6.08 Å². The molecule has 1 atom stereocenters. The summed E-state index contributed by atoms with van der Waals surface area (Å²) in [7, 11) is 0. The fourth-order valence-corrected chi connectivity index (χ4v) is 1.48. The van der Waals surface area contributed by atoms with Crippen LogP contribution < -0.4 is 10.5 Å². The third-order valence-corrected chi connectivity index (χ3v) is 2.31. The summed E-state index contributed by atoms with van der Waals surface area (Å²) < 4.78 is 39.9. The normalized spacial score (nSPS) is 13.1. The number of ether oxygens (including phenoxy) is 1. The fourth-order valence-electron chi connectivity index (χ4n) is 1.48. The number of halogens is 3. The van der Waals surface area contributed by atoms with Crippen LogP contribution in [0.1, 0.15) is 24.4 Å². The van der Waals surface area contributed by atoms with Gasteiger partial charge < -0.3 is 15.6 Å². The van der Waals surface area contributed by atoms with Crippen LogP contribution in [0.25, 0.3) is 0 Å². The minimum Gasteiger partial charge on any atom is -0.508 e. The van der Waals surface area contributed by atoms with Crippen LogP contribution in [0, 0.1) is 0 Å². The molecule has 1 aromatic carbocycles. The molecule has 6 heteroatoms. The van der Waals surface area contributed by atoms with Crippen molar-refractivity contribution in [2.45, 2.75) is 25.2 Å². The summed E-state index contributed by atoms with van der Waals surface area (Å²) in [6.45, 7) is 3.52. The van der Waals surface area contributed by atoms with Crippen molar-refractivity contribution in [3.05, 3.63) is 36.4 Å². The number of phenols is 1. The van der Waals surface area contributed by atoms with Crippen LogP contribution >= 0.6 is 0 Å². The summed E-state index contributed by atoms with van der Waals surface area (Å²) in [5.41, 5.74) is 5.99. The predicted molar refractivity (Wildman–Crippen MR) is 61.1 cm³/mol. The van der Waals surface area contributed by atoms with Crippen LogP contribution in [0.5, 0.6) is 11.5 Å². The Balaban J connectivity index is 2.90. The predicted octanol–water partition coefficient (Wildman–Crippen LogP) is 3.26. The molecule has 0 amide bonds. The molecule has 3 N–H and O–H groups in total. The maximum absolute atomic E-state index is 12.0. The first-order chi connectivity index (χ1) is 8.33. The minimum atomic E-state index is -4.76. The SMILES string of the molecule is C=CCC[C@@H](N)c1cc(OC(F)(F)F)ccc1O. The maximum Gasteiger partial charge on any atom is 0.573 e. The smallest absolute Gasteiger partial charge is 0.508 e. The molecule has 0 bridgehead atoms. The fraction of sp³-hybridized carbons (Fsp3) is 0.333. The molecule has 18 heavy (non-hydrogen) atoms. The van der Waals surface area contributed by atoms with Gasteiger partial charge >= 0.3 is 6.36 Å². The Bertz CT molecular complexity index is 418. The molecule has 0 fully saturated rings. The minimum absolute atomic E-state index is 0.152. The lowest BCUT2D eigenvalue weighted by molar-refractivity contribution is -0.274. The first kappa shape index (κ1) is 14.4. The van der Waals surface area contributed by atoms with Gasteiger partial charge in [0, 0.05) is 11.6 Å². The van der Waals surface area contributed by atoms with Gasteiger partial charge in [-0.2, -0.15) is 0 Å². The van der Waals surface area contributed by atoms with E-state index in [1.807, 2.05) is 0 Å². The van der Waals surface area contributed by atoms with Crippen molar-refractivity contribution < 1.29 is 23.0 Å². The number of allylic oxidation sites excluding steroid dienone is 1. The number of hydrogen-bond acceptors (Lipinski definition) is 3. The van der Waals surface area contributed by atoms with E-state index in [0.29, 0.717) is 12.8 Å². The lowest BCUT2D eigenvalue weighted by Gasteiger charge is -2.15. The summed E-state index contributed by atoms with van der Waals surface area (Å²) >= 11 is 0. The molecule has 0 unspecified atom stereocenters. The highest BCUT2D eigenvalue weighted by atomic mass is 19.4. The Morgan fingerprint density at radius 2 is 2.11 bits per heavy atom. The summed E-state index contributed by atoms with van der Waals surface area (Å²) in [5.74, 6) is -0.551. The molecule has 0 aliphatic rings. The molecular weight excluding hydrogens is 247 g/mol. The van der Waals surface area contributed by atoms with Gasteiger partial charge in [0.1, 0.15) is 11.5 Å². The lowest BCUT2D eigenvalue weighted by Crippen LogP contribution is -2.17. The molecular formula is C12H14F3NO2. The molecule has 0 saturated carbocycles.